The molecule has 1 unspecified atom stereocenters. The number of carboxylic acid groups (broad SMARTS) is 1. The first kappa shape index (κ1) is 31.8. The van der Waals surface area contributed by atoms with Crippen LogP contribution in [0.2, 0.25) is 0 Å². The van der Waals surface area contributed by atoms with Gasteiger partial charge in [-0.25, -0.2) is 4.79 Å². The van der Waals surface area contributed by atoms with E-state index in [4.69, 9.17) is 10.5 Å². The first-order valence-corrected chi connectivity index (χ1v) is 11.0. The number of Topliss-reactive ketones (excluding diaryl/α,β-unsaturated/α-hetero) is 1. The lowest BCUT2D eigenvalue weighted by atomic mass is 10.0. The molecule has 1 aromatic heterocycles. The molecule has 0 bridgehead atoms. The van der Waals surface area contributed by atoms with E-state index in [0.717, 1.165) is 6.42 Å². The van der Waals surface area contributed by atoms with Crippen LogP contribution in [0.1, 0.15) is 64.0 Å². The smallest absolute Gasteiger partial charge is 0.345 e. The van der Waals surface area contributed by atoms with E-state index in [1.807, 2.05) is 26.8 Å². The number of benzene rings is 1. The van der Waals surface area contributed by atoms with Gasteiger partial charge in [0, 0.05) is 18.7 Å². The number of aryl methyl sites for hydroxylation is 1. The fourth-order valence-corrected chi connectivity index (χ4v) is 2.69. The number of carbonyl (C=O) groups excluding carboxylic acids is 2. The number of ether oxygens (including phenoxy) is 1. The highest BCUT2D eigenvalue weighted by atomic mass is 16.5. The van der Waals surface area contributed by atoms with Gasteiger partial charge in [0.05, 0.1) is 16.5 Å². The fourth-order valence-electron chi connectivity index (χ4n) is 2.69. The number of aliphatic carboxylic acids is 1. The molecule has 1 heterocycles. The Balaban J connectivity index is 0. The van der Waals surface area contributed by atoms with Crippen LogP contribution < -0.4 is 10.5 Å². The average molecular weight is 461 g/mol. The van der Waals surface area contributed by atoms with Gasteiger partial charge < -0.3 is 20.1 Å². The van der Waals surface area contributed by atoms with Gasteiger partial charge in [-0.05, 0) is 32.4 Å². The number of ketones is 1. The molecule has 1 atom stereocenters. The molecule has 1 amide bonds. The second-order valence-electron chi connectivity index (χ2n) is 7.09. The van der Waals surface area contributed by atoms with E-state index in [0.29, 0.717) is 16.6 Å². The SMILES string of the molecule is C=CC.C=CCC.CC.Cc1c(C(=O)C(N)=O)c2c(OC(C(=O)O)C(C)C)cccc2n1C. The van der Waals surface area contributed by atoms with Crippen LogP contribution >= 0.6 is 0 Å². The third kappa shape index (κ3) is 8.96. The first-order chi connectivity index (χ1) is 15.5. The highest BCUT2D eigenvalue weighted by Crippen LogP contribution is 2.34. The molecule has 7 heteroatoms. The van der Waals surface area contributed by atoms with Crippen molar-refractivity contribution in [3.05, 3.63) is 54.8 Å². The lowest BCUT2D eigenvalue weighted by Gasteiger charge is -2.19. The standard InChI is InChI=1S/C17H20N2O5.C4H8.C3H6.C2H6/c1-8(2)15(17(22)23)24-11-7-5-6-10-13(11)12(9(3)19(10)4)14(20)16(18)21;1-3-4-2;1-3-2;1-2/h5-8,15H,1-4H3,(H2,18,21)(H,22,23);3H,1,4H2,2H3;3H,1H2,2H3;1-2H3. The van der Waals surface area contributed by atoms with E-state index in [2.05, 4.69) is 20.1 Å². The van der Waals surface area contributed by atoms with Crippen molar-refractivity contribution in [3.8, 4) is 5.75 Å². The van der Waals surface area contributed by atoms with Crippen molar-refractivity contribution in [1.29, 1.82) is 0 Å². The molecule has 0 aliphatic heterocycles. The van der Waals surface area contributed by atoms with E-state index in [9.17, 15) is 19.5 Å². The van der Waals surface area contributed by atoms with Gasteiger partial charge in [-0.2, -0.15) is 0 Å². The Kier molecular flexibility index (Phi) is 15.7. The van der Waals surface area contributed by atoms with Crippen LogP contribution in [-0.4, -0.2) is 33.4 Å². The number of carbonyl (C=O) groups is 3. The van der Waals surface area contributed by atoms with Crippen LogP contribution in [0.4, 0.5) is 0 Å². The Morgan fingerprint density at radius 1 is 1.21 bits per heavy atom. The molecule has 184 valence electrons. The minimum atomic E-state index is -1.10. The maximum absolute atomic E-state index is 12.2. The van der Waals surface area contributed by atoms with Gasteiger partial charge >= 0.3 is 5.97 Å². The zero-order valence-electron chi connectivity index (χ0n) is 21.3. The minimum absolute atomic E-state index is 0.142. The van der Waals surface area contributed by atoms with Gasteiger partial charge in [0.15, 0.2) is 6.10 Å². The Morgan fingerprint density at radius 2 is 1.70 bits per heavy atom. The van der Waals surface area contributed by atoms with Crippen molar-refractivity contribution >= 4 is 28.6 Å². The van der Waals surface area contributed by atoms with Crippen molar-refractivity contribution < 1.29 is 24.2 Å². The summed E-state index contributed by atoms with van der Waals surface area (Å²) in [5.74, 6) is -3.04. The Labute approximate surface area is 197 Å². The summed E-state index contributed by atoms with van der Waals surface area (Å²) in [6.45, 7) is 19.9. The number of rotatable bonds is 7. The number of aromatic nitrogens is 1. The van der Waals surface area contributed by atoms with E-state index in [-0.39, 0.29) is 17.2 Å². The molecule has 0 saturated carbocycles. The molecule has 0 aliphatic carbocycles. The molecule has 1 aromatic carbocycles. The van der Waals surface area contributed by atoms with Crippen LogP contribution in [0.5, 0.6) is 5.75 Å². The molecule has 0 fully saturated rings. The highest BCUT2D eigenvalue weighted by Gasteiger charge is 2.28. The Morgan fingerprint density at radius 3 is 2.06 bits per heavy atom. The topological polar surface area (TPSA) is 112 Å². The van der Waals surface area contributed by atoms with E-state index in [1.54, 1.807) is 56.7 Å². The molecular weight excluding hydrogens is 420 g/mol. The van der Waals surface area contributed by atoms with Gasteiger partial charge in [0.25, 0.3) is 11.7 Å². The Hall–Kier alpha value is -3.35. The largest absolute Gasteiger partial charge is 0.478 e. The fraction of sp³-hybridized carbons (Fsp3) is 0.423. The van der Waals surface area contributed by atoms with Crippen molar-refractivity contribution in [1.82, 2.24) is 4.57 Å². The second kappa shape index (κ2) is 16.3. The zero-order valence-corrected chi connectivity index (χ0v) is 21.3. The minimum Gasteiger partial charge on any atom is -0.478 e. The van der Waals surface area contributed by atoms with Gasteiger partial charge in [-0.1, -0.05) is 52.8 Å². The third-order valence-corrected chi connectivity index (χ3v) is 4.32. The maximum atomic E-state index is 12.2. The van der Waals surface area contributed by atoms with Crippen molar-refractivity contribution in [2.45, 2.75) is 61.0 Å². The molecule has 0 spiro atoms. The average Bonchev–Trinajstić information content (AvgIpc) is 3.04. The number of primary amides is 1. The number of nitrogens with two attached hydrogens (primary N) is 1. The van der Waals surface area contributed by atoms with E-state index in [1.165, 1.54) is 0 Å². The molecular formula is C26H40N2O5. The van der Waals surface area contributed by atoms with Crippen LogP contribution in [0.25, 0.3) is 10.9 Å². The summed E-state index contributed by atoms with van der Waals surface area (Å²) >= 11 is 0. The van der Waals surface area contributed by atoms with Crippen LogP contribution in [0.15, 0.2) is 43.5 Å². The van der Waals surface area contributed by atoms with Crippen LogP contribution in [-0.2, 0) is 16.6 Å². The Bertz CT molecular complexity index is 942. The highest BCUT2D eigenvalue weighted by molar-refractivity contribution is 6.45. The quantitative estimate of drug-likeness (QED) is 0.324. The number of allylic oxidation sites excluding steroid dienone is 2. The molecule has 2 aromatic rings. The second-order valence-corrected chi connectivity index (χ2v) is 7.09. The molecule has 7 nitrogen and oxygen atoms in total. The summed E-state index contributed by atoms with van der Waals surface area (Å²) in [4.78, 5) is 35.0. The number of amides is 1. The van der Waals surface area contributed by atoms with Crippen LogP contribution in [0.3, 0.4) is 0 Å². The molecule has 0 radical (unpaired) electrons. The summed E-state index contributed by atoms with van der Waals surface area (Å²) in [6, 6.07) is 5.05. The predicted molar refractivity (Wildman–Crippen MR) is 136 cm³/mol. The molecule has 3 N–H and O–H groups in total. The van der Waals surface area contributed by atoms with Crippen molar-refractivity contribution in [2.75, 3.05) is 0 Å². The number of carboxylic acids is 1. The number of hydrogen-bond acceptors (Lipinski definition) is 4. The summed E-state index contributed by atoms with van der Waals surface area (Å²) in [5, 5.41) is 9.73. The molecule has 33 heavy (non-hydrogen) atoms. The number of nitrogens with zero attached hydrogens (tertiary/aromatic N) is 1. The number of hydrogen-bond donors (Lipinski definition) is 2. The van der Waals surface area contributed by atoms with Crippen molar-refractivity contribution in [2.24, 2.45) is 18.7 Å². The zero-order chi connectivity index (χ0) is 26.3. The van der Waals surface area contributed by atoms with Gasteiger partial charge in [0.2, 0.25) is 0 Å². The van der Waals surface area contributed by atoms with Gasteiger partial charge in [-0.15, -0.1) is 13.2 Å². The first-order valence-electron chi connectivity index (χ1n) is 11.0. The van der Waals surface area contributed by atoms with Gasteiger partial charge in [0.1, 0.15) is 5.75 Å². The predicted octanol–water partition coefficient (Wildman–Crippen LogP) is 5.44. The van der Waals surface area contributed by atoms with E-state index >= 15 is 0 Å². The summed E-state index contributed by atoms with van der Waals surface area (Å²) in [7, 11) is 1.75. The lowest BCUT2D eigenvalue weighted by molar-refractivity contribution is -0.147. The maximum Gasteiger partial charge on any atom is 0.345 e. The monoisotopic (exact) mass is 460 g/mol. The van der Waals surface area contributed by atoms with Crippen molar-refractivity contribution in [3.63, 3.8) is 0 Å². The third-order valence-electron chi connectivity index (χ3n) is 4.32. The van der Waals surface area contributed by atoms with Gasteiger partial charge in [-0.3, -0.25) is 9.59 Å². The lowest BCUT2D eigenvalue weighted by Crippen LogP contribution is -2.32. The van der Waals surface area contributed by atoms with E-state index < -0.39 is 23.8 Å². The van der Waals surface area contributed by atoms with Crippen LogP contribution in [0, 0.1) is 12.8 Å². The molecule has 0 aliphatic rings. The number of fused-ring (bicyclic) bond motifs is 1. The molecule has 0 saturated heterocycles. The summed E-state index contributed by atoms with van der Waals surface area (Å²) in [5.41, 5.74) is 6.51. The molecule has 2 rings (SSSR count). The normalized spacial score (nSPS) is 10.3. The summed E-state index contributed by atoms with van der Waals surface area (Å²) < 4.78 is 7.41. The summed E-state index contributed by atoms with van der Waals surface area (Å²) in [6.07, 6.45) is 3.63.